The molecule has 5 atom stereocenters. The van der Waals surface area contributed by atoms with Crippen LogP contribution in [0.4, 0.5) is 0 Å². The van der Waals surface area contributed by atoms with Gasteiger partial charge in [-0.05, 0) is 16.7 Å². The van der Waals surface area contributed by atoms with Gasteiger partial charge in [-0.15, -0.1) is 12.6 Å². The smallest absolute Gasteiger partial charge is 0.129 e. The van der Waals surface area contributed by atoms with Gasteiger partial charge in [-0.3, -0.25) is 0 Å². The molecule has 1 saturated heterocycles. The number of ether oxygens (including phenoxy) is 4. The Morgan fingerprint density at radius 3 is 1.42 bits per heavy atom. The van der Waals surface area contributed by atoms with Crippen molar-refractivity contribution in [2.45, 2.75) is 49.7 Å². The predicted octanol–water partition coefficient (Wildman–Crippen LogP) is 4.39. The largest absolute Gasteiger partial charge is 0.394 e. The van der Waals surface area contributed by atoms with E-state index >= 15 is 0 Å². The van der Waals surface area contributed by atoms with Crippen molar-refractivity contribution >= 4 is 12.6 Å². The van der Waals surface area contributed by atoms with E-state index in [4.69, 9.17) is 18.9 Å². The van der Waals surface area contributed by atoms with Crippen molar-refractivity contribution in [3.8, 4) is 0 Å². The van der Waals surface area contributed by atoms with Crippen LogP contribution in [0, 0.1) is 0 Å². The van der Waals surface area contributed by atoms with Gasteiger partial charge in [0.15, 0.2) is 0 Å². The van der Waals surface area contributed by atoms with Gasteiger partial charge >= 0.3 is 0 Å². The number of aliphatic hydroxyl groups excluding tert-OH is 1. The van der Waals surface area contributed by atoms with Crippen LogP contribution in [-0.4, -0.2) is 41.6 Å². The van der Waals surface area contributed by atoms with E-state index in [0.29, 0.717) is 19.8 Å². The number of benzene rings is 3. The van der Waals surface area contributed by atoms with Crippen molar-refractivity contribution in [1.82, 2.24) is 0 Å². The molecule has 1 aliphatic heterocycles. The van der Waals surface area contributed by atoms with Crippen LogP contribution in [0.5, 0.6) is 0 Å². The van der Waals surface area contributed by atoms with E-state index in [1.54, 1.807) is 0 Å². The Morgan fingerprint density at radius 1 is 0.606 bits per heavy atom. The Kier molecular flexibility index (Phi) is 8.94. The summed E-state index contributed by atoms with van der Waals surface area (Å²) in [4.78, 5) is 0. The standard InChI is InChI=1S/C27H30O5S/c28-16-23-24(29-17-20-10-4-1-5-11-20)25(30-18-21-12-6-2-7-13-21)26(27(33)32-23)31-19-22-14-8-3-9-15-22/h1-15,23-28,33H,16-19H2/t23?,24-,25?,26+,27+/m0/s1. The molecule has 0 amide bonds. The maximum Gasteiger partial charge on any atom is 0.129 e. The quantitative estimate of drug-likeness (QED) is 0.434. The summed E-state index contributed by atoms with van der Waals surface area (Å²) in [5.74, 6) is 0. The number of thiol groups is 1. The summed E-state index contributed by atoms with van der Waals surface area (Å²) < 4.78 is 24.9. The molecule has 1 aliphatic rings. The second-order valence-electron chi connectivity index (χ2n) is 8.03. The predicted molar refractivity (Wildman–Crippen MR) is 130 cm³/mol. The van der Waals surface area contributed by atoms with Crippen LogP contribution >= 0.6 is 12.6 Å². The Balaban J connectivity index is 1.53. The van der Waals surface area contributed by atoms with Crippen molar-refractivity contribution in [1.29, 1.82) is 0 Å². The highest BCUT2D eigenvalue weighted by Gasteiger charge is 2.47. The maximum absolute atomic E-state index is 10.0. The topological polar surface area (TPSA) is 57.2 Å². The van der Waals surface area contributed by atoms with Crippen LogP contribution in [0.3, 0.4) is 0 Å². The van der Waals surface area contributed by atoms with E-state index in [9.17, 15) is 5.11 Å². The highest BCUT2D eigenvalue weighted by Crippen LogP contribution is 2.31. The Bertz CT molecular complexity index is 941. The van der Waals surface area contributed by atoms with E-state index in [1.165, 1.54) is 0 Å². The lowest BCUT2D eigenvalue weighted by atomic mass is 9.99. The van der Waals surface area contributed by atoms with Gasteiger partial charge in [0.2, 0.25) is 0 Å². The fourth-order valence-corrected chi connectivity index (χ4v) is 4.32. The lowest BCUT2D eigenvalue weighted by Crippen LogP contribution is -2.59. The molecule has 0 saturated carbocycles. The first-order valence-corrected chi connectivity index (χ1v) is 11.7. The third-order valence-electron chi connectivity index (χ3n) is 5.65. The number of hydrogen-bond acceptors (Lipinski definition) is 6. The van der Waals surface area contributed by atoms with E-state index in [-0.39, 0.29) is 6.61 Å². The molecule has 174 valence electrons. The molecule has 3 aromatic rings. The third-order valence-corrected chi connectivity index (χ3v) is 6.06. The number of aliphatic hydroxyl groups is 1. The minimum absolute atomic E-state index is 0.201. The fraction of sp³-hybridized carbons (Fsp3) is 0.333. The van der Waals surface area contributed by atoms with Crippen LogP contribution in [0.15, 0.2) is 91.0 Å². The minimum Gasteiger partial charge on any atom is -0.394 e. The molecular weight excluding hydrogens is 436 g/mol. The molecule has 2 unspecified atom stereocenters. The molecule has 4 rings (SSSR count). The van der Waals surface area contributed by atoms with Gasteiger partial charge in [0.25, 0.3) is 0 Å². The zero-order valence-electron chi connectivity index (χ0n) is 18.4. The van der Waals surface area contributed by atoms with Crippen molar-refractivity contribution < 1.29 is 24.1 Å². The lowest BCUT2D eigenvalue weighted by Gasteiger charge is -2.44. The van der Waals surface area contributed by atoms with Gasteiger partial charge in [0, 0.05) is 0 Å². The molecule has 3 aromatic carbocycles. The summed E-state index contributed by atoms with van der Waals surface area (Å²) in [5.41, 5.74) is 2.56. The summed E-state index contributed by atoms with van der Waals surface area (Å²) in [6, 6.07) is 29.8. The first kappa shape index (κ1) is 24.0. The van der Waals surface area contributed by atoms with Crippen molar-refractivity contribution in [2.24, 2.45) is 0 Å². The first-order chi connectivity index (χ1) is 16.2. The van der Waals surface area contributed by atoms with Crippen molar-refractivity contribution in [3.05, 3.63) is 108 Å². The summed E-state index contributed by atoms with van der Waals surface area (Å²) in [7, 11) is 0. The molecule has 33 heavy (non-hydrogen) atoms. The molecule has 1 N–H and O–H groups in total. The maximum atomic E-state index is 10.0. The van der Waals surface area contributed by atoms with Crippen LogP contribution in [0.25, 0.3) is 0 Å². The average molecular weight is 467 g/mol. The molecule has 6 heteroatoms. The van der Waals surface area contributed by atoms with Crippen LogP contribution in [0.1, 0.15) is 16.7 Å². The molecule has 0 bridgehead atoms. The molecule has 0 aromatic heterocycles. The van der Waals surface area contributed by atoms with E-state index < -0.39 is 29.9 Å². The van der Waals surface area contributed by atoms with Crippen LogP contribution < -0.4 is 0 Å². The zero-order chi connectivity index (χ0) is 22.9. The minimum atomic E-state index is -0.575. The van der Waals surface area contributed by atoms with Crippen molar-refractivity contribution in [3.63, 3.8) is 0 Å². The zero-order valence-corrected chi connectivity index (χ0v) is 19.3. The molecular formula is C27H30O5S. The molecule has 1 heterocycles. The van der Waals surface area contributed by atoms with Crippen molar-refractivity contribution in [2.75, 3.05) is 6.61 Å². The molecule has 0 radical (unpaired) electrons. The normalized spacial score (nSPS) is 25.1. The Labute approximate surface area is 200 Å². The average Bonchev–Trinajstić information content (AvgIpc) is 2.87. The van der Waals surface area contributed by atoms with Gasteiger partial charge in [-0.2, -0.15) is 0 Å². The van der Waals surface area contributed by atoms with Crippen LogP contribution in [-0.2, 0) is 38.8 Å². The third kappa shape index (κ3) is 6.67. The SMILES string of the molecule is OCC1O[C@H](S)[C@H](OCc2ccccc2)C(OCc2ccccc2)[C@H]1OCc1ccccc1. The van der Waals surface area contributed by atoms with E-state index in [0.717, 1.165) is 16.7 Å². The second kappa shape index (κ2) is 12.3. The monoisotopic (exact) mass is 466 g/mol. The van der Waals surface area contributed by atoms with Gasteiger partial charge in [-0.25, -0.2) is 0 Å². The molecule has 1 fully saturated rings. The van der Waals surface area contributed by atoms with Crippen LogP contribution in [0.2, 0.25) is 0 Å². The number of rotatable bonds is 10. The van der Waals surface area contributed by atoms with Gasteiger partial charge < -0.3 is 24.1 Å². The van der Waals surface area contributed by atoms with E-state index in [2.05, 4.69) is 12.6 Å². The summed E-state index contributed by atoms with van der Waals surface area (Å²) in [6.07, 6.45) is -2.07. The second-order valence-corrected chi connectivity index (χ2v) is 8.54. The van der Waals surface area contributed by atoms with Gasteiger partial charge in [0.05, 0.1) is 26.4 Å². The molecule has 5 nitrogen and oxygen atoms in total. The highest BCUT2D eigenvalue weighted by atomic mass is 32.1. The Hall–Kier alpha value is -2.19. The molecule has 0 spiro atoms. The molecule has 0 aliphatic carbocycles. The Morgan fingerprint density at radius 2 is 1.00 bits per heavy atom. The summed E-state index contributed by atoms with van der Waals surface area (Å²) >= 11 is 4.64. The van der Waals surface area contributed by atoms with E-state index in [1.807, 2.05) is 91.0 Å². The first-order valence-electron chi connectivity index (χ1n) is 11.2. The van der Waals surface area contributed by atoms with Gasteiger partial charge in [-0.1, -0.05) is 91.0 Å². The van der Waals surface area contributed by atoms with Gasteiger partial charge in [0.1, 0.15) is 29.9 Å². The number of hydrogen-bond donors (Lipinski definition) is 2. The summed E-state index contributed by atoms with van der Waals surface area (Å²) in [6.45, 7) is 0.958. The highest BCUT2D eigenvalue weighted by molar-refractivity contribution is 7.80. The lowest BCUT2D eigenvalue weighted by molar-refractivity contribution is -0.251. The fourth-order valence-electron chi connectivity index (χ4n) is 3.91. The summed E-state index contributed by atoms with van der Waals surface area (Å²) in [5, 5.41) is 10.0.